The average Bonchev–Trinajstić information content (AvgIpc) is 3.26. The summed E-state index contributed by atoms with van der Waals surface area (Å²) in [4.78, 5) is 41.5. The van der Waals surface area contributed by atoms with Gasteiger partial charge < -0.3 is 24.3 Å². The van der Waals surface area contributed by atoms with Gasteiger partial charge in [-0.3, -0.25) is 4.79 Å². The van der Waals surface area contributed by atoms with Gasteiger partial charge in [-0.2, -0.15) is 13.2 Å². The molecule has 4 amide bonds. The minimum Gasteiger partial charge on any atom is -0.444 e. The van der Waals surface area contributed by atoms with Crippen molar-refractivity contribution in [2.45, 2.75) is 57.5 Å². The van der Waals surface area contributed by atoms with Crippen LogP contribution in [0.2, 0.25) is 0 Å². The number of ether oxygens (including phenoxy) is 1. The van der Waals surface area contributed by atoms with E-state index < -0.39 is 29.8 Å². The molecule has 11 heteroatoms. The second-order valence-electron chi connectivity index (χ2n) is 8.56. The molecule has 8 nitrogen and oxygen atoms in total. The van der Waals surface area contributed by atoms with Crippen LogP contribution in [0.1, 0.15) is 33.6 Å². The van der Waals surface area contributed by atoms with E-state index in [2.05, 4.69) is 0 Å². The average molecular weight is 422 g/mol. The maximum atomic E-state index is 12.7. The summed E-state index contributed by atoms with van der Waals surface area (Å²) in [6, 6.07) is -1.15. The number of alkyl halides is 3. The first kappa shape index (κ1) is 23.1. The van der Waals surface area contributed by atoms with Crippen LogP contribution >= 0.6 is 0 Å². The highest BCUT2D eigenvalue weighted by atomic mass is 19.4. The van der Waals surface area contributed by atoms with E-state index in [1.54, 1.807) is 32.7 Å². The minimum atomic E-state index is -4.93. The number of likely N-dealkylation sites (N-methyl/N-ethyl adjacent to an activating group) is 2. The molecule has 0 spiro atoms. The Kier molecular flexibility index (Phi) is 6.58. The summed E-state index contributed by atoms with van der Waals surface area (Å²) >= 11 is 0. The molecule has 2 aliphatic heterocycles. The van der Waals surface area contributed by atoms with Gasteiger partial charge in [-0.05, 0) is 33.6 Å². The van der Waals surface area contributed by atoms with Crippen LogP contribution in [0, 0.1) is 0 Å². The molecule has 0 aromatic heterocycles. The van der Waals surface area contributed by atoms with E-state index in [4.69, 9.17) is 4.74 Å². The van der Waals surface area contributed by atoms with E-state index in [0.29, 0.717) is 30.8 Å². The van der Waals surface area contributed by atoms with Crippen molar-refractivity contribution in [1.82, 2.24) is 19.6 Å². The Morgan fingerprint density at radius 1 is 0.897 bits per heavy atom. The molecule has 2 saturated heterocycles. The smallest absolute Gasteiger partial charge is 0.444 e. The number of halogens is 3. The monoisotopic (exact) mass is 422 g/mol. The van der Waals surface area contributed by atoms with Gasteiger partial charge in [0.15, 0.2) is 0 Å². The number of amides is 4. The van der Waals surface area contributed by atoms with Crippen molar-refractivity contribution in [3.63, 3.8) is 0 Å². The summed E-state index contributed by atoms with van der Waals surface area (Å²) in [7, 11) is 2.73. The highest BCUT2D eigenvalue weighted by Crippen LogP contribution is 2.25. The molecule has 29 heavy (non-hydrogen) atoms. The molecule has 2 fully saturated rings. The van der Waals surface area contributed by atoms with Crippen LogP contribution in [0.25, 0.3) is 0 Å². The quantitative estimate of drug-likeness (QED) is 0.684. The fourth-order valence-electron chi connectivity index (χ4n) is 3.51. The molecule has 2 aliphatic rings. The van der Waals surface area contributed by atoms with Gasteiger partial charge in [-0.15, -0.1) is 0 Å². The molecule has 0 aromatic rings. The Hall–Kier alpha value is -2.20. The lowest BCUT2D eigenvalue weighted by molar-refractivity contribution is -0.185. The molecule has 0 N–H and O–H groups in total. The number of urea groups is 1. The van der Waals surface area contributed by atoms with Crippen molar-refractivity contribution < 1.29 is 32.3 Å². The fraction of sp³-hybridized carbons (Fsp3) is 0.833. The number of hydrogen-bond acceptors (Lipinski definition) is 4. The van der Waals surface area contributed by atoms with E-state index in [9.17, 15) is 27.6 Å². The Morgan fingerprint density at radius 2 is 1.34 bits per heavy atom. The highest BCUT2D eigenvalue weighted by molar-refractivity contribution is 5.82. The lowest BCUT2D eigenvalue weighted by atomic mass is 10.2. The third-order valence-corrected chi connectivity index (χ3v) is 5.21. The molecule has 0 bridgehead atoms. The molecule has 0 saturated carbocycles. The molecule has 0 radical (unpaired) electrons. The number of hydrogen-bond donors (Lipinski definition) is 0. The number of carbonyl (C=O) groups is 3. The Bertz CT molecular complexity index is 650. The molecule has 2 atom stereocenters. The number of rotatable bonds is 2. The lowest BCUT2D eigenvalue weighted by Crippen LogP contribution is -2.48. The van der Waals surface area contributed by atoms with E-state index in [-0.39, 0.29) is 25.2 Å². The van der Waals surface area contributed by atoms with Crippen LogP contribution in [0.4, 0.5) is 22.8 Å². The normalized spacial score (nSPS) is 22.6. The van der Waals surface area contributed by atoms with Crippen molar-refractivity contribution >= 4 is 18.0 Å². The number of likely N-dealkylation sites (tertiary alicyclic amines) is 2. The largest absolute Gasteiger partial charge is 0.471 e. The first-order valence-corrected chi connectivity index (χ1v) is 9.54. The third kappa shape index (κ3) is 5.66. The van der Waals surface area contributed by atoms with Gasteiger partial charge in [0, 0.05) is 40.3 Å². The minimum absolute atomic E-state index is 0.0558. The van der Waals surface area contributed by atoms with Crippen LogP contribution in [0.15, 0.2) is 0 Å². The summed E-state index contributed by atoms with van der Waals surface area (Å²) in [6.45, 7) is 6.42. The predicted octanol–water partition coefficient (Wildman–Crippen LogP) is 2.14. The molecule has 2 heterocycles. The summed E-state index contributed by atoms with van der Waals surface area (Å²) in [6.07, 6.45) is -4.52. The van der Waals surface area contributed by atoms with Crippen LogP contribution < -0.4 is 0 Å². The maximum Gasteiger partial charge on any atom is 0.471 e. The van der Waals surface area contributed by atoms with Crippen LogP contribution in [-0.4, -0.2) is 102 Å². The van der Waals surface area contributed by atoms with E-state index >= 15 is 0 Å². The van der Waals surface area contributed by atoms with Crippen molar-refractivity contribution in [3.05, 3.63) is 0 Å². The van der Waals surface area contributed by atoms with Gasteiger partial charge in [-0.1, -0.05) is 0 Å². The Balaban J connectivity index is 1.89. The first-order chi connectivity index (χ1) is 13.2. The Labute approximate surface area is 168 Å². The molecular formula is C18H29F3N4O4. The zero-order valence-electron chi connectivity index (χ0n) is 17.5. The second-order valence-corrected chi connectivity index (χ2v) is 8.56. The van der Waals surface area contributed by atoms with Gasteiger partial charge in [0.05, 0.1) is 12.1 Å². The van der Waals surface area contributed by atoms with Gasteiger partial charge in [0.2, 0.25) is 0 Å². The van der Waals surface area contributed by atoms with Crippen LogP contribution in [0.3, 0.4) is 0 Å². The highest BCUT2D eigenvalue weighted by Gasteiger charge is 2.45. The number of carbonyl (C=O) groups excluding carboxylic acids is 3. The van der Waals surface area contributed by atoms with Crippen molar-refractivity contribution in [2.24, 2.45) is 0 Å². The van der Waals surface area contributed by atoms with Crippen LogP contribution in [0.5, 0.6) is 0 Å². The van der Waals surface area contributed by atoms with Gasteiger partial charge in [-0.25, -0.2) is 9.59 Å². The molecule has 166 valence electrons. The summed E-state index contributed by atoms with van der Waals surface area (Å²) in [5.74, 6) is -1.91. The fourth-order valence-corrected chi connectivity index (χ4v) is 3.51. The third-order valence-electron chi connectivity index (χ3n) is 5.21. The topological polar surface area (TPSA) is 73.4 Å². The molecule has 0 aliphatic carbocycles. The van der Waals surface area contributed by atoms with E-state index in [1.807, 2.05) is 0 Å². The predicted molar refractivity (Wildman–Crippen MR) is 98.2 cm³/mol. The van der Waals surface area contributed by atoms with E-state index in [1.165, 1.54) is 9.80 Å². The first-order valence-electron chi connectivity index (χ1n) is 9.54. The summed E-state index contributed by atoms with van der Waals surface area (Å²) in [5.41, 5.74) is -0.621. The summed E-state index contributed by atoms with van der Waals surface area (Å²) in [5, 5.41) is 0. The molecule has 0 unspecified atom stereocenters. The second kappa shape index (κ2) is 8.27. The zero-order valence-corrected chi connectivity index (χ0v) is 17.5. The molecule has 2 rings (SSSR count). The van der Waals surface area contributed by atoms with Crippen LogP contribution in [-0.2, 0) is 9.53 Å². The van der Waals surface area contributed by atoms with Crippen molar-refractivity contribution in [2.75, 3.05) is 40.3 Å². The summed E-state index contributed by atoms with van der Waals surface area (Å²) < 4.78 is 43.2. The van der Waals surface area contributed by atoms with E-state index in [0.717, 1.165) is 7.05 Å². The van der Waals surface area contributed by atoms with Gasteiger partial charge >= 0.3 is 24.2 Å². The van der Waals surface area contributed by atoms with Crippen molar-refractivity contribution in [3.8, 4) is 0 Å². The lowest BCUT2D eigenvalue weighted by Gasteiger charge is -2.29. The molecule has 0 aromatic carbocycles. The zero-order chi connectivity index (χ0) is 22.1. The van der Waals surface area contributed by atoms with Gasteiger partial charge in [0.1, 0.15) is 5.60 Å². The number of nitrogens with zero attached hydrogens (tertiary/aromatic N) is 4. The maximum absolute atomic E-state index is 12.7. The SMILES string of the molecule is CN(C(=O)OC(C)(C)C)[C@H]1CCN(C(=O)N2CC[C@@H](N(C)C(=O)C(F)(F)F)C2)C1. The Morgan fingerprint density at radius 3 is 1.76 bits per heavy atom. The molecular weight excluding hydrogens is 393 g/mol. The van der Waals surface area contributed by atoms with Crippen molar-refractivity contribution in [1.29, 1.82) is 0 Å². The van der Waals surface area contributed by atoms with Gasteiger partial charge in [0.25, 0.3) is 0 Å². The standard InChI is InChI=1S/C18H29F3N4O4/c1-17(2,3)29-16(28)23(5)13-7-9-25(11-13)15(27)24-8-6-12(10-24)22(4)14(26)18(19,20)21/h12-13H,6-11H2,1-5H3/t12-,13+/m1/s1.